The Morgan fingerprint density at radius 1 is 1.17 bits per heavy atom. The average molecular weight is 357 g/mol. The van der Waals surface area contributed by atoms with Crippen LogP contribution in [0.2, 0.25) is 0 Å². The van der Waals surface area contributed by atoms with Crippen LogP contribution in [0.3, 0.4) is 0 Å². The van der Waals surface area contributed by atoms with Crippen LogP contribution in [0.15, 0.2) is 23.2 Å². The normalized spacial score (nSPS) is 13.5. The second-order valence-corrected chi connectivity index (χ2v) is 7.75. The molecule has 0 aliphatic heterocycles. The van der Waals surface area contributed by atoms with E-state index in [1.807, 2.05) is 45.4 Å². The van der Waals surface area contributed by atoms with E-state index in [1.54, 1.807) is 23.7 Å². The number of alkyl carbamates (subject to hydrolysis) is 1. The number of thiazole rings is 2. The van der Waals surface area contributed by atoms with Gasteiger partial charge in [-0.05, 0) is 34.6 Å². The predicted molar refractivity (Wildman–Crippen MR) is 94.6 cm³/mol. The zero-order chi connectivity index (χ0) is 17.5. The minimum atomic E-state index is -0.466. The lowest BCUT2D eigenvalue weighted by Crippen LogP contribution is -2.33. The highest BCUT2D eigenvalue weighted by Crippen LogP contribution is 2.15. The van der Waals surface area contributed by atoms with Gasteiger partial charge in [0.1, 0.15) is 15.6 Å². The first kappa shape index (κ1) is 19.5. The first-order chi connectivity index (χ1) is 10.7. The van der Waals surface area contributed by atoms with Gasteiger partial charge in [0.25, 0.3) is 0 Å². The predicted octanol–water partition coefficient (Wildman–Crippen LogP) is 3.89. The molecule has 0 saturated heterocycles. The molecule has 3 N–H and O–H groups in total. The molecule has 2 unspecified atom stereocenters. The highest BCUT2D eigenvalue weighted by Gasteiger charge is 2.18. The molecule has 2 rings (SSSR count). The Morgan fingerprint density at radius 3 is 2.04 bits per heavy atom. The van der Waals surface area contributed by atoms with Gasteiger partial charge in [-0.1, -0.05) is 0 Å². The Hall–Kier alpha value is -1.51. The van der Waals surface area contributed by atoms with E-state index in [2.05, 4.69) is 15.3 Å². The zero-order valence-electron chi connectivity index (χ0n) is 14.1. The van der Waals surface area contributed by atoms with Crippen LogP contribution in [0.25, 0.3) is 0 Å². The summed E-state index contributed by atoms with van der Waals surface area (Å²) in [6.45, 7) is 9.31. The van der Waals surface area contributed by atoms with Crippen molar-refractivity contribution in [1.29, 1.82) is 0 Å². The molecule has 2 atom stereocenters. The van der Waals surface area contributed by atoms with E-state index in [1.165, 1.54) is 11.3 Å². The Bertz CT molecular complexity index is 563. The summed E-state index contributed by atoms with van der Waals surface area (Å²) in [6, 6.07) is -0.0187. The van der Waals surface area contributed by atoms with Crippen LogP contribution in [0.1, 0.15) is 56.7 Å². The van der Waals surface area contributed by atoms with Crippen molar-refractivity contribution in [2.75, 3.05) is 0 Å². The van der Waals surface area contributed by atoms with Crippen molar-refractivity contribution in [1.82, 2.24) is 15.3 Å². The van der Waals surface area contributed by atoms with Crippen LogP contribution in [-0.4, -0.2) is 21.7 Å². The molecule has 0 aliphatic rings. The van der Waals surface area contributed by atoms with Gasteiger partial charge in [0.2, 0.25) is 0 Å². The Kier molecular flexibility index (Phi) is 7.60. The third kappa shape index (κ3) is 8.06. The second kappa shape index (κ2) is 8.95. The summed E-state index contributed by atoms with van der Waals surface area (Å²) in [5, 5.41) is 8.41. The lowest BCUT2D eigenvalue weighted by Gasteiger charge is -2.21. The summed E-state index contributed by atoms with van der Waals surface area (Å²) in [5.41, 5.74) is 5.04. The summed E-state index contributed by atoms with van der Waals surface area (Å²) in [7, 11) is 0. The monoisotopic (exact) mass is 356 g/mol. The summed E-state index contributed by atoms with van der Waals surface area (Å²) in [4.78, 5) is 19.5. The quantitative estimate of drug-likeness (QED) is 0.870. The molecular weight excluding hydrogens is 332 g/mol. The summed E-state index contributed by atoms with van der Waals surface area (Å²) in [6.07, 6.45) is 3.07. The zero-order valence-corrected chi connectivity index (χ0v) is 15.7. The van der Waals surface area contributed by atoms with Crippen molar-refractivity contribution in [2.24, 2.45) is 5.73 Å². The number of amides is 1. The molecule has 0 bridgehead atoms. The Labute approximate surface area is 145 Å². The average Bonchev–Trinajstić information content (AvgIpc) is 3.11. The molecule has 0 radical (unpaired) electrons. The van der Waals surface area contributed by atoms with E-state index in [4.69, 9.17) is 10.5 Å². The van der Waals surface area contributed by atoms with Crippen molar-refractivity contribution in [2.45, 2.75) is 52.3 Å². The first-order valence-electron chi connectivity index (χ1n) is 7.23. The van der Waals surface area contributed by atoms with Crippen molar-refractivity contribution < 1.29 is 9.53 Å². The Morgan fingerprint density at radius 2 is 1.70 bits per heavy atom. The highest BCUT2D eigenvalue weighted by molar-refractivity contribution is 7.09. The number of carbonyl (C=O) groups is 1. The minimum Gasteiger partial charge on any atom is -0.444 e. The summed E-state index contributed by atoms with van der Waals surface area (Å²) >= 11 is 3.10. The third-order valence-electron chi connectivity index (χ3n) is 2.40. The maximum Gasteiger partial charge on any atom is 0.408 e. The summed E-state index contributed by atoms with van der Waals surface area (Å²) in [5.74, 6) is 0. The number of nitrogens with one attached hydrogen (secondary N) is 1. The fraction of sp³-hybridized carbons (Fsp3) is 0.533. The van der Waals surface area contributed by atoms with Gasteiger partial charge in [0, 0.05) is 23.2 Å². The molecule has 2 aromatic heterocycles. The minimum absolute atomic E-state index is 0.0926. The number of ether oxygens (including phenoxy) is 1. The first-order valence-corrected chi connectivity index (χ1v) is 8.99. The van der Waals surface area contributed by atoms with Crippen molar-refractivity contribution in [3.8, 4) is 0 Å². The molecule has 0 saturated carbocycles. The fourth-order valence-corrected chi connectivity index (χ4v) is 2.70. The number of hydrogen-bond acceptors (Lipinski definition) is 7. The maximum atomic E-state index is 11.4. The SMILES string of the molecule is CC(N)c1nccs1.CC(NC(=O)OC(C)(C)C)c1nccs1. The van der Waals surface area contributed by atoms with Gasteiger partial charge in [0.05, 0.1) is 12.1 Å². The third-order valence-corrected chi connectivity index (χ3v) is 4.33. The molecule has 1 amide bonds. The lowest BCUT2D eigenvalue weighted by molar-refractivity contribution is 0.0508. The van der Waals surface area contributed by atoms with Crippen LogP contribution in [0.5, 0.6) is 0 Å². The van der Waals surface area contributed by atoms with Crippen LogP contribution in [-0.2, 0) is 4.74 Å². The lowest BCUT2D eigenvalue weighted by atomic mass is 10.2. The molecular formula is C15H24N4O2S2. The largest absolute Gasteiger partial charge is 0.444 e. The van der Waals surface area contributed by atoms with E-state index in [9.17, 15) is 4.79 Å². The standard InChI is InChI=1S/C10H16N2O2S.C5H8N2S/c1-7(8-11-5-6-15-8)12-9(13)14-10(2,3)4;1-4(6)5-7-2-3-8-5/h5-7H,1-4H3,(H,12,13);2-4H,6H2,1H3. The second-order valence-electron chi connectivity index (χ2n) is 5.90. The molecule has 2 aromatic rings. The van der Waals surface area contributed by atoms with Crippen LogP contribution in [0, 0.1) is 0 Å². The van der Waals surface area contributed by atoms with E-state index >= 15 is 0 Å². The number of nitrogens with two attached hydrogens (primary N) is 1. The molecule has 0 aliphatic carbocycles. The maximum absolute atomic E-state index is 11.4. The number of aromatic nitrogens is 2. The number of hydrogen-bond donors (Lipinski definition) is 2. The van der Waals surface area contributed by atoms with Crippen LogP contribution < -0.4 is 11.1 Å². The van der Waals surface area contributed by atoms with Gasteiger partial charge in [-0.3, -0.25) is 0 Å². The van der Waals surface area contributed by atoms with Gasteiger partial charge in [-0.25, -0.2) is 14.8 Å². The van der Waals surface area contributed by atoms with Crippen molar-refractivity contribution in [3.05, 3.63) is 33.2 Å². The molecule has 128 valence electrons. The Balaban J connectivity index is 0.000000277. The molecule has 8 heteroatoms. The van der Waals surface area contributed by atoms with Crippen LogP contribution in [0.4, 0.5) is 4.79 Å². The van der Waals surface area contributed by atoms with E-state index in [0.29, 0.717) is 0 Å². The van der Waals surface area contributed by atoms with E-state index < -0.39 is 11.7 Å². The molecule has 0 spiro atoms. The summed E-state index contributed by atoms with van der Waals surface area (Å²) < 4.78 is 5.13. The number of carbonyl (C=O) groups excluding carboxylic acids is 1. The highest BCUT2D eigenvalue weighted by atomic mass is 32.1. The van der Waals surface area contributed by atoms with E-state index in [0.717, 1.165) is 10.0 Å². The van der Waals surface area contributed by atoms with Gasteiger partial charge >= 0.3 is 6.09 Å². The van der Waals surface area contributed by atoms with Gasteiger partial charge in [-0.15, -0.1) is 22.7 Å². The molecule has 23 heavy (non-hydrogen) atoms. The smallest absolute Gasteiger partial charge is 0.408 e. The van der Waals surface area contributed by atoms with Gasteiger partial charge < -0.3 is 15.8 Å². The van der Waals surface area contributed by atoms with Crippen molar-refractivity contribution in [3.63, 3.8) is 0 Å². The van der Waals surface area contributed by atoms with Crippen molar-refractivity contribution >= 4 is 28.8 Å². The number of nitrogens with zero attached hydrogens (tertiary/aromatic N) is 2. The molecule has 0 fully saturated rings. The van der Waals surface area contributed by atoms with Gasteiger partial charge in [-0.2, -0.15) is 0 Å². The van der Waals surface area contributed by atoms with Gasteiger partial charge in [0.15, 0.2) is 0 Å². The van der Waals surface area contributed by atoms with E-state index in [-0.39, 0.29) is 12.1 Å². The molecule has 2 heterocycles. The number of rotatable bonds is 3. The van der Waals surface area contributed by atoms with Crippen LogP contribution >= 0.6 is 22.7 Å². The molecule has 6 nitrogen and oxygen atoms in total. The fourth-order valence-electron chi connectivity index (χ4n) is 1.45. The topological polar surface area (TPSA) is 90.1 Å². The molecule has 0 aromatic carbocycles.